The minimum absolute atomic E-state index is 0.681. The summed E-state index contributed by atoms with van der Waals surface area (Å²) < 4.78 is 0. The van der Waals surface area contributed by atoms with Crippen molar-refractivity contribution in [2.24, 2.45) is 4.99 Å². The van der Waals surface area contributed by atoms with Crippen LogP contribution in [0.2, 0.25) is 0 Å². The Morgan fingerprint density at radius 1 is 1.44 bits per heavy atom. The molecule has 0 N–H and O–H groups in total. The summed E-state index contributed by atoms with van der Waals surface area (Å²) in [6.07, 6.45) is 3.66. The maximum atomic E-state index is 4.91. The number of aliphatic imine (C=N–C) groups is 1. The second-order valence-electron chi connectivity index (χ2n) is 1.66. The fourth-order valence-corrected chi connectivity index (χ4v) is 0.566. The van der Waals surface area contributed by atoms with Crippen LogP contribution >= 0.6 is 12.2 Å². The van der Waals surface area contributed by atoms with E-state index in [2.05, 4.69) is 4.99 Å². The Labute approximate surface area is 61.5 Å². The number of nitrogens with zero attached hydrogens (tertiary/aromatic N) is 1. The molecule has 0 spiro atoms. The van der Waals surface area contributed by atoms with Crippen LogP contribution in [0.4, 0.5) is 0 Å². The Bertz CT molecular complexity index is 156. The highest BCUT2D eigenvalue weighted by atomic mass is 32.1. The van der Waals surface area contributed by atoms with Crippen LogP contribution in [0.25, 0.3) is 0 Å². The average Bonchev–Trinajstić information content (AvgIpc) is 1.87. The monoisotopic (exact) mass is 141 g/mol. The zero-order chi connectivity index (χ0) is 7.28. The average molecular weight is 141 g/mol. The lowest BCUT2D eigenvalue weighted by Gasteiger charge is -1.92. The molecule has 0 rings (SSSR count). The van der Waals surface area contributed by atoms with E-state index in [1.807, 2.05) is 26.8 Å². The van der Waals surface area contributed by atoms with Crippen LogP contribution in [0.15, 0.2) is 16.6 Å². The summed E-state index contributed by atoms with van der Waals surface area (Å²) in [6, 6.07) is 0. The summed E-state index contributed by atoms with van der Waals surface area (Å²) in [5, 5.41) is 0. The van der Waals surface area contributed by atoms with E-state index in [1.54, 1.807) is 6.21 Å². The molecule has 0 heterocycles. The predicted octanol–water partition coefficient (Wildman–Crippen LogP) is 2.37. The summed E-state index contributed by atoms with van der Waals surface area (Å²) in [5.74, 6) is 0. The van der Waals surface area contributed by atoms with E-state index >= 15 is 0 Å². The molecule has 0 saturated heterocycles. The van der Waals surface area contributed by atoms with Crippen LogP contribution in [0.1, 0.15) is 20.8 Å². The van der Waals surface area contributed by atoms with Gasteiger partial charge in [-0.2, -0.15) is 0 Å². The van der Waals surface area contributed by atoms with Crippen molar-refractivity contribution in [1.29, 1.82) is 0 Å². The molecule has 0 radical (unpaired) electrons. The molecule has 0 unspecified atom stereocenters. The highest BCUT2D eigenvalue weighted by Gasteiger charge is 1.90. The van der Waals surface area contributed by atoms with Gasteiger partial charge in [0.15, 0.2) is 0 Å². The quantitative estimate of drug-likeness (QED) is 0.310. The number of hydrogen-bond donors (Lipinski definition) is 0. The van der Waals surface area contributed by atoms with E-state index < -0.39 is 0 Å². The molecule has 1 nitrogen and oxygen atoms in total. The second-order valence-corrected chi connectivity index (χ2v) is 2.05. The van der Waals surface area contributed by atoms with Crippen LogP contribution in [0.5, 0.6) is 0 Å². The molecule has 0 fully saturated rings. The van der Waals surface area contributed by atoms with Gasteiger partial charge in [-0.1, -0.05) is 18.3 Å². The Morgan fingerprint density at radius 2 is 2.00 bits per heavy atom. The molecule has 0 atom stereocenters. The summed E-state index contributed by atoms with van der Waals surface area (Å²) in [5.41, 5.74) is 1.06. The largest absolute Gasteiger partial charge is 0.250 e. The summed E-state index contributed by atoms with van der Waals surface area (Å²) >= 11 is 4.91. The SMILES string of the molecule is CC=NC(=S)/C(C)=C/C. The fourth-order valence-electron chi connectivity index (χ4n) is 0.343. The molecule has 0 aromatic heterocycles. The van der Waals surface area contributed by atoms with Gasteiger partial charge in [-0.25, -0.2) is 4.99 Å². The second kappa shape index (κ2) is 4.39. The Morgan fingerprint density at radius 3 is 2.33 bits per heavy atom. The molecule has 9 heavy (non-hydrogen) atoms. The highest BCUT2D eigenvalue weighted by molar-refractivity contribution is 7.80. The van der Waals surface area contributed by atoms with E-state index in [0.29, 0.717) is 4.99 Å². The first-order valence-electron chi connectivity index (χ1n) is 2.88. The van der Waals surface area contributed by atoms with Gasteiger partial charge >= 0.3 is 0 Å². The van der Waals surface area contributed by atoms with Crippen LogP contribution in [-0.2, 0) is 0 Å². The van der Waals surface area contributed by atoms with E-state index in [9.17, 15) is 0 Å². The van der Waals surface area contributed by atoms with Crippen molar-refractivity contribution >= 4 is 23.4 Å². The highest BCUT2D eigenvalue weighted by Crippen LogP contribution is 1.96. The molecule has 0 aliphatic carbocycles. The molecule has 0 bridgehead atoms. The van der Waals surface area contributed by atoms with Gasteiger partial charge in [0, 0.05) is 6.21 Å². The van der Waals surface area contributed by atoms with Crippen LogP contribution in [0, 0.1) is 0 Å². The van der Waals surface area contributed by atoms with Crippen molar-refractivity contribution in [2.45, 2.75) is 20.8 Å². The van der Waals surface area contributed by atoms with Gasteiger partial charge < -0.3 is 0 Å². The summed E-state index contributed by atoms with van der Waals surface area (Å²) in [7, 11) is 0. The first-order valence-corrected chi connectivity index (χ1v) is 3.29. The normalized spacial score (nSPS) is 12.6. The van der Waals surface area contributed by atoms with Gasteiger partial charge in [0.2, 0.25) is 0 Å². The number of allylic oxidation sites excluding steroid dienone is 1. The van der Waals surface area contributed by atoms with E-state index in [4.69, 9.17) is 12.2 Å². The van der Waals surface area contributed by atoms with Crippen molar-refractivity contribution in [3.8, 4) is 0 Å². The van der Waals surface area contributed by atoms with Crippen LogP contribution in [0.3, 0.4) is 0 Å². The third-order valence-corrected chi connectivity index (χ3v) is 1.44. The summed E-state index contributed by atoms with van der Waals surface area (Å²) in [4.78, 5) is 4.61. The number of hydrogen-bond acceptors (Lipinski definition) is 1. The van der Waals surface area contributed by atoms with Gasteiger partial charge in [-0.15, -0.1) is 0 Å². The Kier molecular flexibility index (Phi) is 4.14. The molecule has 0 saturated carbocycles. The third kappa shape index (κ3) is 3.14. The molecular weight excluding hydrogens is 130 g/mol. The van der Waals surface area contributed by atoms with Gasteiger partial charge in [-0.3, -0.25) is 0 Å². The van der Waals surface area contributed by atoms with Crippen LogP contribution in [-0.4, -0.2) is 11.2 Å². The minimum atomic E-state index is 0.681. The Balaban J connectivity index is 4.05. The lowest BCUT2D eigenvalue weighted by Crippen LogP contribution is -1.89. The van der Waals surface area contributed by atoms with Crippen molar-refractivity contribution < 1.29 is 0 Å². The Hall–Kier alpha value is -0.500. The zero-order valence-electron chi connectivity index (χ0n) is 6.01. The zero-order valence-corrected chi connectivity index (χ0v) is 6.83. The van der Waals surface area contributed by atoms with Gasteiger partial charge in [-0.05, 0) is 26.3 Å². The standard InChI is InChI=1S/C7H11NS/c1-4-6(3)7(9)8-5-2/h4-5H,1-3H3/b6-4+,8-5?. The molecule has 2 heteroatoms. The van der Waals surface area contributed by atoms with Crippen molar-refractivity contribution in [2.75, 3.05) is 0 Å². The third-order valence-electron chi connectivity index (χ3n) is 1.02. The molecule has 0 amide bonds. The minimum Gasteiger partial charge on any atom is -0.250 e. The molecule has 50 valence electrons. The lowest BCUT2D eigenvalue weighted by molar-refractivity contribution is 1.51. The van der Waals surface area contributed by atoms with Crippen molar-refractivity contribution in [3.63, 3.8) is 0 Å². The van der Waals surface area contributed by atoms with Gasteiger partial charge in [0.05, 0.1) is 0 Å². The maximum Gasteiger partial charge on any atom is 0.128 e. The van der Waals surface area contributed by atoms with E-state index in [1.165, 1.54) is 0 Å². The van der Waals surface area contributed by atoms with E-state index in [0.717, 1.165) is 5.57 Å². The van der Waals surface area contributed by atoms with Crippen LogP contribution < -0.4 is 0 Å². The maximum absolute atomic E-state index is 4.91. The lowest BCUT2D eigenvalue weighted by atomic mass is 10.3. The summed E-state index contributed by atoms with van der Waals surface area (Å²) in [6.45, 7) is 5.76. The molecule has 0 aliphatic rings. The first-order chi connectivity index (χ1) is 4.22. The number of thiocarbonyl (C=S) groups is 1. The van der Waals surface area contributed by atoms with Gasteiger partial charge in [0.25, 0.3) is 0 Å². The van der Waals surface area contributed by atoms with Gasteiger partial charge in [0.1, 0.15) is 4.99 Å². The number of rotatable bonds is 1. The van der Waals surface area contributed by atoms with Crippen molar-refractivity contribution in [1.82, 2.24) is 0 Å². The smallest absolute Gasteiger partial charge is 0.128 e. The topological polar surface area (TPSA) is 12.4 Å². The molecule has 0 aliphatic heterocycles. The molecule has 0 aromatic rings. The first kappa shape index (κ1) is 8.50. The van der Waals surface area contributed by atoms with E-state index in [-0.39, 0.29) is 0 Å². The predicted molar refractivity (Wildman–Crippen MR) is 46.2 cm³/mol. The molecular formula is C7H11NS. The fraction of sp³-hybridized carbons (Fsp3) is 0.429. The molecule has 0 aromatic carbocycles. The van der Waals surface area contributed by atoms with Crippen molar-refractivity contribution in [3.05, 3.63) is 11.6 Å².